The van der Waals surface area contributed by atoms with Gasteiger partial charge in [-0.05, 0) is 19.1 Å². The molecule has 74 valence electrons. The van der Waals surface area contributed by atoms with E-state index in [0.29, 0.717) is 0 Å². The Morgan fingerprint density at radius 3 is 2.79 bits per heavy atom. The zero-order chi connectivity index (χ0) is 10.4. The molecule has 0 spiro atoms. The topological polar surface area (TPSA) is 9.23 Å². The van der Waals surface area contributed by atoms with Crippen molar-refractivity contribution in [2.75, 3.05) is 0 Å². The van der Waals surface area contributed by atoms with E-state index in [1.807, 2.05) is 31.2 Å². The number of hydrogen-bond acceptors (Lipinski definition) is 1. The van der Waals surface area contributed by atoms with Gasteiger partial charge in [-0.15, -0.1) is 0 Å². The van der Waals surface area contributed by atoms with Crippen molar-refractivity contribution in [3.05, 3.63) is 59.3 Å². The number of ether oxygens (including phenoxy) is 1. The summed E-state index contributed by atoms with van der Waals surface area (Å²) in [4.78, 5) is 0. The van der Waals surface area contributed by atoms with Gasteiger partial charge in [0.25, 0.3) is 0 Å². The molecule has 0 bridgehead atoms. The molecular formula is C12H13BrO. The average Bonchev–Trinajstić information content (AvgIpc) is 2.18. The third kappa shape index (κ3) is 3.04. The average molecular weight is 253 g/mol. The van der Waals surface area contributed by atoms with Gasteiger partial charge in [-0.1, -0.05) is 46.8 Å². The van der Waals surface area contributed by atoms with E-state index >= 15 is 0 Å². The summed E-state index contributed by atoms with van der Waals surface area (Å²) in [6, 6.07) is 8.03. The standard InChI is InChI=1S/C12H13BrO/c1-3-4-9-14-10(2)11-7-5-6-8-12(11)13/h3-10H,1H2,2H3. The summed E-state index contributed by atoms with van der Waals surface area (Å²) in [5.41, 5.74) is 1.14. The van der Waals surface area contributed by atoms with Gasteiger partial charge in [0.15, 0.2) is 0 Å². The van der Waals surface area contributed by atoms with Gasteiger partial charge < -0.3 is 4.74 Å². The van der Waals surface area contributed by atoms with E-state index in [4.69, 9.17) is 4.74 Å². The number of halogens is 1. The SMILES string of the molecule is C=CC=COC(C)c1ccccc1Br. The lowest BCUT2D eigenvalue weighted by Gasteiger charge is -2.12. The van der Waals surface area contributed by atoms with Crippen molar-refractivity contribution < 1.29 is 4.74 Å². The van der Waals surface area contributed by atoms with Gasteiger partial charge in [0.1, 0.15) is 6.10 Å². The second-order valence-electron chi connectivity index (χ2n) is 2.86. The van der Waals surface area contributed by atoms with Crippen LogP contribution in [0, 0.1) is 0 Å². The molecular weight excluding hydrogens is 240 g/mol. The summed E-state index contributed by atoms with van der Waals surface area (Å²) in [5.74, 6) is 0. The molecule has 0 N–H and O–H groups in total. The van der Waals surface area contributed by atoms with Gasteiger partial charge in [0.2, 0.25) is 0 Å². The predicted octanol–water partition coefficient (Wildman–Crippen LogP) is 4.23. The molecule has 0 fully saturated rings. The van der Waals surface area contributed by atoms with Crippen LogP contribution >= 0.6 is 15.9 Å². The largest absolute Gasteiger partial charge is 0.494 e. The minimum absolute atomic E-state index is 0.0433. The van der Waals surface area contributed by atoms with Crippen molar-refractivity contribution in [3.8, 4) is 0 Å². The Balaban J connectivity index is 2.69. The highest BCUT2D eigenvalue weighted by Gasteiger charge is 2.07. The maximum atomic E-state index is 5.47. The summed E-state index contributed by atoms with van der Waals surface area (Å²) in [6.07, 6.45) is 5.15. The third-order valence-corrected chi connectivity index (χ3v) is 2.56. The number of hydrogen-bond donors (Lipinski definition) is 0. The van der Waals surface area contributed by atoms with Gasteiger partial charge in [-0.3, -0.25) is 0 Å². The summed E-state index contributed by atoms with van der Waals surface area (Å²) in [5, 5.41) is 0. The van der Waals surface area contributed by atoms with Crippen LogP contribution in [0.5, 0.6) is 0 Å². The van der Waals surface area contributed by atoms with E-state index in [-0.39, 0.29) is 6.10 Å². The lowest BCUT2D eigenvalue weighted by atomic mass is 10.1. The molecule has 1 aromatic rings. The Bertz CT molecular complexity index is 331. The molecule has 0 aliphatic rings. The highest BCUT2D eigenvalue weighted by atomic mass is 79.9. The second-order valence-corrected chi connectivity index (χ2v) is 3.72. The third-order valence-electron chi connectivity index (χ3n) is 1.84. The summed E-state index contributed by atoms with van der Waals surface area (Å²) >= 11 is 3.48. The highest BCUT2D eigenvalue weighted by Crippen LogP contribution is 2.25. The lowest BCUT2D eigenvalue weighted by Crippen LogP contribution is -1.95. The molecule has 14 heavy (non-hydrogen) atoms. The van der Waals surface area contributed by atoms with Crippen molar-refractivity contribution >= 4 is 15.9 Å². The Kier molecular flexibility index (Phi) is 4.47. The van der Waals surface area contributed by atoms with Gasteiger partial charge in [-0.2, -0.15) is 0 Å². The van der Waals surface area contributed by atoms with Crippen LogP contribution in [0.2, 0.25) is 0 Å². The molecule has 0 saturated heterocycles. The van der Waals surface area contributed by atoms with Crippen molar-refractivity contribution in [2.45, 2.75) is 13.0 Å². The number of benzene rings is 1. The van der Waals surface area contributed by atoms with Gasteiger partial charge in [-0.25, -0.2) is 0 Å². The van der Waals surface area contributed by atoms with Crippen LogP contribution in [0.4, 0.5) is 0 Å². The second kappa shape index (κ2) is 5.66. The van der Waals surface area contributed by atoms with Crippen molar-refractivity contribution in [3.63, 3.8) is 0 Å². The fraction of sp³-hybridized carbons (Fsp3) is 0.167. The lowest BCUT2D eigenvalue weighted by molar-refractivity contribution is 0.163. The fourth-order valence-electron chi connectivity index (χ4n) is 1.10. The van der Waals surface area contributed by atoms with E-state index in [1.165, 1.54) is 0 Å². The zero-order valence-electron chi connectivity index (χ0n) is 8.11. The minimum atomic E-state index is 0.0433. The molecule has 0 heterocycles. The Labute approximate surface area is 93.2 Å². The van der Waals surface area contributed by atoms with Gasteiger partial charge >= 0.3 is 0 Å². The molecule has 0 amide bonds. The molecule has 0 aliphatic heterocycles. The van der Waals surface area contributed by atoms with Crippen LogP contribution < -0.4 is 0 Å². The fourth-order valence-corrected chi connectivity index (χ4v) is 1.70. The Hall–Kier alpha value is -1.02. The summed E-state index contributed by atoms with van der Waals surface area (Å²) < 4.78 is 6.54. The van der Waals surface area contributed by atoms with Crippen LogP contribution in [0.15, 0.2) is 53.7 Å². The van der Waals surface area contributed by atoms with Crippen molar-refractivity contribution in [1.82, 2.24) is 0 Å². The van der Waals surface area contributed by atoms with Crippen LogP contribution in [-0.2, 0) is 4.74 Å². The van der Waals surface area contributed by atoms with E-state index in [9.17, 15) is 0 Å². The Morgan fingerprint density at radius 1 is 1.43 bits per heavy atom. The number of allylic oxidation sites excluding steroid dienone is 2. The molecule has 2 heteroatoms. The first kappa shape index (κ1) is 11.1. The summed E-state index contributed by atoms with van der Waals surface area (Å²) in [6.45, 7) is 5.58. The predicted molar refractivity (Wildman–Crippen MR) is 63.0 cm³/mol. The molecule has 1 unspecified atom stereocenters. The molecule has 1 atom stereocenters. The summed E-state index contributed by atoms with van der Waals surface area (Å²) in [7, 11) is 0. The molecule has 1 nitrogen and oxygen atoms in total. The van der Waals surface area contributed by atoms with Crippen LogP contribution in [0.1, 0.15) is 18.6 Å². The first-order chi connectivity index (χ1) is 6.75. The van der Waals surface area contributed by atoms with Gasteiger partial charge in [0.05, 0.1) is 6.26 Å². The normalized spacial score (nSPS) is 12.7. The molecule has 1 aromatic carbocycles. The highest BCUT2D eigenvalue weighted by molar-refractivity contribution is 9.10. The minimum Gasteiger partial charge on any atom is -0.494 e. The molecule has 0 aliphatic carbocycles. The first-order valence-electron chi connectivity index (χ1n) is 4.43. The van der Waals surface area contributed by atoms with Gasteiger partial charge in [0, 0.05) is 10.0 Å². The van der Waals surface area contributed by atoms with Crippen LogP contribution in [0.3, 0.4) is 0 Å². The Morgan fingerprint density at radius 2 is 2.14 bits per heavy atom. The smallest absolute Gasteiger partial charge is 0.121 e. The van der Waals surface area contributed by atoms with Crippen LogP contribution in [-0.4, -0.2) is 0 Å². The molecule has 0 radical (unpaired) electrons. The zero-order valence-corrected chi connectivity index (χ0v) is 9.70. The maximum Gasteiger partial charge on any atom is 0.121 e. The number of rotatable bonds is 4. The van der Waals surface area contributed by atoms with E-state index < -0.39 is 0 Å². The maximum absolute atomic E-state index is 5.47. The molecule has 0 aromatic heterocycles. The monoisotopic (exact) mass is 252 g/mol. The molecule has 1 rings (SSSR count). The van der Waals surface area contributed by atoms with E-state index in [1.54, 1.807) is 18.4 Å². The quantitative estimate of drug-likeness (QED) is 0.576. The van der Waals surface area contributed by atoms with Crippen molar-refractivity contribution in [2.24, 2.45) is 0 Å². The van der Waals surface area contributed by atoms with Crippen molar-refractivity contribution in [1.29, 1.82) is 0 Å². The van der Waals surface area contributed by atoms with E-state index in [0.717, 1.165) is 10.0 Å². The van der Waals surface area contributed by atoms with E-state index in [2.05, 4.69) is 22.5 Å². The first-order valence-corrected chi connectivity index (χ1v) is 5.22. The molecule has 0 saturated carbocycles. The van der Waals surface area contributed by atoms with Crippen LogP contribution in [0.25, 0.3) is 0 Å².